The number of benzene rings is 2. The lowest BCUT2D eigenvalue weighted by Gasteiger charge is -2.41. The number of nitrogen functional groups attached to an aromatic ring is 1. The summed E-state index contributed by atoms with van der Waals surface area (Å²) in [5.74, 6) is 1.93. The molecule has 0 saturated carbocycles. The predicted octanol–water partition coefficient (Wildman–Crippen LogP) is 3.91. The third kappa shape index (κ3) is 3.89. The summed E-state index contributed by atoms with van der Waals surface area (Å²) < 4.78 is 0. The molecule has 3 heterocycles. The van der Waals surface area contributed by atoms with Gasteiger partial charge in [0.2, 0.25) is 0 Å². The second-order valence-corrected chi connectivity index (χ2v) is 8.12. The lowest BCUT2D eigenvalue weighted by atomic mass is 10.0. The van der Waals surface area contributed by atoms with Crippen molar-refractivity contribution in [3.05, 3.63) is 84.2 Å². The lowest BCUT2D eigenvalue weighted by molar-refractivity contribution is 0.542. The summed E-state index contributed by atoms with van der Waals surface area (Å²) >= 11 is 0. The number of anilines is 3. The minimum atomic E-state index is 0.283. The van der Waals surface area contributed by atoms with Crippen molar-refractivity contribution in [2.45, 2.75) is 19.4 Å². The quantitative estimate of drug-likeness (QED) is 0.550. The number of nitrogens with two attached hydrogens (primary N) is 1. The minimum Gasteiger partial charge on any atom is -0.397 e. The highest BCUT2D eigenvalue weighted by atomic mass is 15.3. The average molecular weight is 411 g/mol. The number of piperazine rings is 1. The van der Waals surface area contributed by atoms with Gasteiger partial charge in [0.15, 0.2) is 5.82 Å². The molecule has 0 amide bonds. The van der Waals surface area contributed by atoms with Gasteiger partial charge in [-0.15, -0.1) is 5.10 Å². The van der Waals surface area contributed by atoms with E-state index in [4.69, 9.17) is 10.8 Å². The molecule has 1 atom stereocenters. The molecule has 1 aliphatic heterocycles. The maximum absolute atomic E-state index is 5.79. The summed E-state index contributed by atoms with van der Waals surface area (Å²) in [5, 5.41) is 11.7. The van der Waals surface area contributed by atoms with Crippen LogP contribution in [-0.4, -0.2) is 40.9 Å². The summed E-state index contributed by atoms with van der Waals surface area (Å²) in [6.45, 7) is 4.85. The molecule has 1 saturated heterocycles. The Morgan fingerprint density at radius 3 is 2.42 bits per heavy atom. The maximum Gasteiger partial charge on any atom is 0.159 e. The van der Waals surface area contributed by atoms with E-state index in [1.165, 1.54) is 10.9 Å². The number of aromatic nitrogens is 3. The van der Waals surface area contributed by atoms with Crippen molar-refractivity contribution >= 4 is 28.1 Å². The van der Waals surface area contributed by atoms with E-state index in [1.807, 2.05) is 18.2 Å². The number of pyridine rings is 1. The van der Waals surface area contributed by atoms with E-state index in [0.29, 0.717) is 5.69 Å². The van der Waals surface area contributed by atoms with Crippen molar-refractivity contribution in [1.29, 1.82) is 0 Å². The summed E-state index contributed by atoms with van der Waals surface area (Å²) in [6.07, 6.45) is 2.50. The Balaban J connectivity index is 1.43. The Hall–Kier alpha value is -3.67. The van der Waals surface area contributed by atoms with Crippen LogP contribution in [0.25, 0.3) is 10.8 Å². The molecule has 0 spiro atoms. The third-order valence-corrected chi connectivity index (χ3v) is 5.95. The SMILES string of the molecule is C[C@H]1CN(c2ccc(N)cn2)CCN1c1nnc(Cc2ccccc2)c2ccccc12. The summed E-state index contributed by atoms with van der Waals surface area (Å²) in [4.78, 5) is 9.17. The Morgan fingerprint density at radius 2 is 1.68 bits per heavy atom. The van der Waals surface area contributed by atoms with E-state index in [-0.39, 0.29) is 6.04 Å². The van der Waals surface area contributed by atoms with E-state index in [2.05, 4.69) is 75.3 Å². The largest absolute Gasteiger partial charge is 0.397 e. The van der Waals surface area contributed by atoms with Crippen molar-refractivity contribution in [3.8, 4) is 0 Å². The Labute approximate surface area is 182 Å². The van der Waals surface area contributed by atoms with Gasteiger partial charge in [-0.3, -0.25) is 0 Å². The molecule has 6 heteroatoms. The summed E-state index contributed by atoms with van der Waals surface area (Å²) in [7, 11) is 0. The van der Waals surface area contributed by atoms with E-state index in [0.717, 1.165) is 48.8 Å². The van der Waals surface area contributed by atoms with Gasteiger partial charge >= 0.3 is 0 Å². The van der Waals surface area contributed by atoms with E-state index in [1.54, 1.807) is 6.20 Å². The van der Waals surface area contributed by atoms with Gasteiger partial charge in [0.25, 0.3) is 0 Å². The Bertz CT molecular complexity index is 1180. The molecular formula is C25H26N6. The zero-order chi connectivity index (χ0) is 21.2. The number of hydrogen-bond acceptors (Lipinski definition) is 6. The zero-order valence-electron chi connectivity index (χ0n) is 17.6. The Morgan fingerprint density at radius 1 is 0.903 bits per heavy atom. The topological polar surface area (TPSA) is 71.2 Å². The van der Waals surface area contributed by atoms with Crippen LogP contribution < -0.4 is 15.5 Å². The van der Waals surface area contributed by atoms with Gasteiger partial charge in [0.05, 0.1) is 17.6 Å². The standard InChI is InChI=1S/C25H26N6/c1-18-17-30(24-12-11-20(26)16-27-24)13-14-31(18)25-22-10-6-5-9-21(22)23(28-29-25)15-19-7-3-2-4-8-19/h2-12,16,18H,13-15,17,26H2,1H3/t18-/m0/s1. The zero-order valence-corrected chi connectivity index (χ0v) is 17.6. The molecule has 5 rings (SSSR count). The highest BCUT2D eigenvalue weighted by Gasteiger charge is 2.27. The van der Waals surface area contributed by atoms with Crippen molar-refractivity contribution < 1.29 is 0 Å². The first-order valence-corrected chi connectivity index (χ1v) is 10.7. The predicted molar refractivity (Wildman–Crippen MR) is 126 cm³/mol. The van der Waals surface area contributed by atoms with Crippen LogP contribution in [0.3, 0.4) is 0 Å². The van der Waals surface area contributed by atoms with Gasteiger partial charge in [-0.05, 0) is 24.6 Å². The summed E-state index contributed by atoms with van der Waals surface area (Å²) in [6, 6.07) is 23.1. The number of fused-ring (bicyclic) bond motifs is 1. The molecule has 2 N–H and O–H groups in total. The smallest absolute Gasteiger partial charge is 0.159 e. The molecule has 2 aromatic heterocycles. The second-order valence-electron chi connectivity index (χ2n) is 8.12. The molecule has 2 aromatic carbocycles. The first-order chi connectivity index (χ1) is 15.2. The van der Waals surface area contributed by atoms with Crippen LogP contribution in [0.15, 0.2) is 72.9 Å². The van der Waals surface area contributed by atoms with Crippen molar-refractivity contribution in [3.63, 3.8) is 0 Å². The van der Waals surface area contributed by atoms with Crippen LogP contribution in [0.5, 0.6) is 0 Å². The van der Waals surface area contributed by atoms with Crippen molar-refractivity contribution in [2.24, 2.45) is 0 Å². The monoisotopic (exact) mass is 410 g/mol. The van der Waals surface area contributed by atoms with Crippen LogP contribution >= 0.6 is 0 Å². The molecular weight excluding hydrogens is 384 g/mol. The van der Waals surface area contributed by atoms with Gasteiger partial charge in [-0.25, -0.2) is 4.98 Å². The Kier molecular flexibility index (Phi) is 5.12. The minimum absolute atomic E-state index is 0.283. The van der Waals surface area contributed by atoms with Crippen molar-refractivity contribution in [1.82, 2.24) is 15.2 Å². The summed E-state index contributed by atoms with van der Waals surface area (Å²) in [5.41, 5.74) is 8.74. The molecule has 0 bridgehead atoms. The van der Waals surface area contributed by atoms with Crippen molar-refractivity contribution in [2.75, 3.05) is 35.2 Å². The molecule has 6 nitrogen and oxygen atoms in total. The van der Waals surface area contributed by atoms with Crippen LogP contribution in [-0.2, 0) is 6.42 Å². The molecule has 1 aliphatic rings. The second kappa shape index (κ2) is 8.22. The molecule has 31 heavy (non-hydrogen) atoms. The van der Waals surface area contributed by atoms with Gasteiger partial charge in [-0.2, -0.15) is 5.10 Å². The van der Waals surface area contributed by atoms with E-state index < -0.39 is 0 Å². The van der Waals surface area contributed by atoms with Crippen LogP contribution in [0.4, 0.5) is 17.3 Å². The first-order valence-electron chi connectivity index (χ1n) is 10.7. The fourth-order valence-electron chi connectivity index (χ4n) is 4.34. The number of nitrogens with zero attached hydrogens (tertiary/aromatic N) is 5. The number of rotatable bonds is 4. The lowest BCUT2D eigenvalue weighted by Crippen LogP contribution is -2.52. The normalized spacial score (nSPS) is 16.6. The van der Waals surface area contributed by atoms with Gasteiger partial charge in [0, 0.05) is 42.9 Å². The fourth-order valence-corrected chi connectivity index (χ4v) is 4.34. The highest BCUT2D eigenvalue weighted by molar-refractivity contribution is 5.93. The fraction of sp³-hybridized carbons (Fsp3) is 0.240. The van der Waals surface area contributed by atoms with Gasteiger partial charge in [-0.1, -0.05) is 54.6 Å². The molecule has 0 unspecified atom stereocenters. The maximum atomic E-state index is 5.79. The third-order valence-electron chi connectivity index (χ3n) is 5.95. The molecule has 156 valence electrons. The molecule has 4 aromatic rings. The molecule has 0 radical (unpaired) electrons. The van der Waals surface area contributed by atoms with Crippen LogP contribution in [0, 0.1) is 0 Å². The van der Waals surface area contributed by atoms with Gasteiger partial charge in [0.1, 0.15) is 5.82 Å². The number of hydrogen-bond donors (Lipinski definition) is 1. The average Bonchev–Trinajstić information content (AvgIpc) is 2.81. The highest BCUT2D eigenvalue weighted by Crippen LogP contribution is 2.30. The van der Waals surface area contributed by atoms with E-state index in [9.17, 15) is 0 Å². The van der Waals surface area contributed by atoms with Gasteiger partial charge < -0.3 is 15.5 Å². The molecule has 1 fully saturated rings. The first kappa shape index (κ1) is 19.3. The van der Waals surface area contributed by atoms with Crippen LogP contribution in [0.2, 0.25) is 0 Å². The molecule has 0 aliphatic carbocycles. The van der Waals surface area contributed by atoms with E-state index >= 15 is 0 Å². The van der Waals surface area contributed by atoms with Crippen LogP contribution in [0.1, 0.15) is 18.2 Å².